The maximum Gasteiger partial charge on any atom is 0.797 e. The van der Waals surface area contributed by atoms with Crippen molar-refractivity contribution >= 4 is 17.5 Å². The summed E-state index contributed by atoms with van der Waals surface area (Å²) in [5.74, 6) is 0. The fraction of sp³-hybridized carbons (Fsp3) is 1.00. The molecule has 0 atom stereocenters. The Kier molecular flexibility index (Phi) is 10.6. The van der Waals surface area contributed by atoms with Gasteiger partial charge in [0.1, 0.15) is 0 Å². The maximum atomic E-state index is 10.7. The first kappa shape index (κ1) is 17.8. The van der Waals surface area contributed by atoms with Crippen LogP contribution in [0.2, 0.25) is 18.1 Å². The summed E-state index contributed by atoms with van der Waals surface area (Å²) < 4.78 is 20.9. The van der Waals surface area contributed by atoms with Gasteiger partial charge in [-0.25, -0.2) is 0 Å². The summed E-state index contributed by atoms with van der Waals surface area (Å²) >= 11 is 0. The molecule has 0 bridgehead atoms. The van der Waals surface area contributed by atoms with Crippen LogP contribution in [0, 0.1) is 0 Å². The predicted molar refractivity (Wildman–Crippen MR) is 75.7 cm³/mol. The Balaban J connectivity index is 4.55. The molecule has 0 heterocycles. The highest BCUT2D eigenvalue weighted by Crippen LogP contribution is 2.29. The highest BCUT2D eigenvalue weighted by Gasteiger charge is 2.36. The second kappa shape index (κ2) is 10.7. The van der Waals surface area contributed by atoms with Gasteiger partial charge < -0.3 is 9.37 Å². The van der Waals surface area contributed by atoms with Gasteiger partial charge in [-0.2, -0.15) is 0 Å². The average molecular weight is 293 g/mol. The molecular weight excluding hydrogens is 264 g/mol. The molecule has 18 heavy (non-hydrogen) atoms. The molecule has 0 unspecified atom stereocenters. The fourth-order valence-corrected chi connectivity index (χ4v) is 7.11. The molecule has 0 fully saturated rings. The minimum Gasteiger partial charge on any atom is -0.510 e. The van der Waals surface area contributed by atoms with E-state index < -0.39 is 17.5 Å². The second-order valence-corrected chi connectivity index (χ2v) is 9.66. The third-order valence-electron chi connectivity index (χ3n) is 3.25. The molecule has 4 nitrogen and oxygen atoms in total. The lowest BCUT2D eigenvalue weighted by Crippen LogP contribution is -2.39. The van der Waals surface area contributed by atoms with Gasteiger partial charge >= 0.3 is 9.17 Å². The lowest BCUT2D eigenvalue weighted by atomic mass is 10.4. The van der Waals surface area contributed by atoms with Gasteiger partial charge in [-0.15, -0.1) is 0 Å². The van der Waals surface area contributed by atoms with Crippen molar-refractivity contribution in [3.63, 3.8) is 0 Å². The van der Waals surface area contributed by atoms with Crippen molar-refractivity contribution in [2.24, 2.45) is 0 Å². The Morgan fingerprint density at radius 2 is 1.33 bits per heavy atom. The molecule has 0 radical (unpaired) electrons. The van der Waals surface area contributed by atoms with Gasteiger partial charge in [-0.05, 0) is 18.1 Å². The van der Waals surface area contributed by atoms with Crippen molar-refractivity contribution in [2.75, 3.05) is 0 Å². The first-order valence-electron chi connectivity index (χ1n) is 7.18. The van der Waals surface area contributed by atoms with Gasteiger partial charge in [0.25, 0.3) is 8.32 Å². The van der Waals surface area contributed by atoms with Gasteiger partial charge in [-0.3, -0.25) is 9.04 Å². The maximum absolute atomic E-state index is 10.7. The van der Waals surface area contributed by atoms with E-state index in [1.165, 1.54) is 0 Å². The standard InChI is InChI=1S/C12H28O4Si2/c1-4-7-10-18(11-8-5-2,12-9-6-3)16-15-17(13)14/h13H,4-12H2,1-3H3. The fourth-order valence-electron chi connectivity index (χ4n) is 2.12. The van der Waals surface area contributed by atoms with Crippen LogP contribution in [0.3, 0.4) is 0 Å². The van der Waals surface area contributed by atoms with Gasteiger partial charge in [-0.1, -0.05) is 59.3 Å². The number of unbranched alkanes of at least 4 members (excludes halogenated alkanes) is 3. The summed E-state index contributed by atoms with van der Waals surface area (Å²) in [5, 5.41) is 0. The van der Waals surface area contributed by atoms with Crippen LogP contribution in [0.15, 0.2) is 0 Å². The predicted octanol–water partition coefficient (Wildman–Crippen LogP) is 3.69. The number of hydrogen-bond acceptors (Lipinski definition) is 3. The minimum atomic E-state index is -2.98. The zero-order valence-corrected chi connectivity index (χ0v) is 14.0. The molecule has 0 saturated heterocycles. The molecule has 0 spiro atoms. The normalized spacial score (nSPS) is 11.5. The molecular formula is C12H28O4Si2. The minimum absolute atomic E-state index is 1.04. The van der Waals surface area contributed by atoms with Crippen LogP contribution in [-0.4, -0.2) is 22.3 Å². The van der Waals surface area contributed by atoms with Gasteiger partial charge in [0.2, 0.25) is 0 Å². The molecule has 1 N–H and O–H groups in total. The van der Waals surface area contributed by atoms with Gasteiger partial charge in [0, 0.05) is 0 Å². The van der Waals surface area contributed by atoms with E-state index in [0.717, 1.165) is 56.7 Å². The highest BCUT2D eigenvalue weighted by atomic mass is 28.4. The first-order valence-corrected chi connectivity index (χ1v) is 11.0. The zero-order chi connectivity index (χ0) is 13.9. The molecule has 0 aliphatic carbocycles. The molecule has 0 saturated carbocycles. The van der Waals surface area contributed by atoms with Crippen LogP contribution < -0.4 is 0 Å². The van der Waals surface area contributed by atoms with Crippen LogP contribution in [-0.2, 0) is 13.6 Å². The Bertz CT molecular complexity index is 202. The Morgan fingerprint density at radius 3 is 1.61 bits per heavy atom. The quantitative estimate of drug-likeness (QED) is 0.338. The van der Waals surface area contributed by atoms with Crippen LogP contribution in [0.1, 0.15) is 59.3 Å². The summed E-state index contributed by atoms with van der Waals surface area (Å²) in [5.41, 5.74) is 0. The van der Waals surface area contributed by atoms with E-state index in [-0.39, 0.29) is 0 Å². The summed E-state index contributed by atoms with van der Waals surface area (Å²) in [7, 11) is -4.96. The average Bonchev–Trinajstić information content (AvgIpc) is 2.37. The van der Waals surface area contributed by atoms with Crippen LogP contribution in [0.4, 0.5) is 0 Å². The Labute approximate surface area is 114 Å². The van der Waals surface area contributed by atoms with E-state index in [0.29, 0.717) is 0 Å². The summed E-state index contributed by atoms with van der Waals surface area (Å²) in [6.07, 6.45) is 6.75. The van der Waals surface area contributed by atoms with Crippen molar-refractivity contribution in [3.8, 4) is 0 Å². The SMILES string of the molecule is CCCC[Si](CCCC)(CCCC)OO[Si](=O)O. The molecule has 6 heteroatoms. The van der Waals surface area contributed by atoms with Gasteiger partial charge in [0.05, 0.1) is 0 Å². The summed E-state index contributed by atoms with van der Waals surface area (Å²) in [6.45, 7) is 6.48. The molecule has 0 aromatic carbocycles. The zero-order valence-electron chi connectivity index (χ0n) is 12.0. The van der Waals surface area contributed by atoms with Crippen molar-refractivity contribution < 1.29 is 18.4 Å². The molecule has 0 aromatic heterocycles. The number of hydrogen-bond donors (Lipinski definition) is 1. The third kappa shape index (κ3) is 7.99. The number of rotatable bonds is 12. The van der Waals surface area contributed by atoms with E-state index in [1.807, 2.05) is 0 Å². The third-order valence-corrected chi connectivity index (χ3v) is 7.87. The molecule has 0 aliphatic rings. The van der Waals surface area contributed by atoms with Crippen molar-refractivity contribution in [1.82, 2.24) is 0 Å². The monoisotopic (exact) mass is 292 g/mol. The van der Waals surface area contributed by atoms with E-state index in [9.17, 15) is 4.46 Å². The topological polar surface area (TPSA) is 55.8 Å². The molecule has 0 aliphatic heterocycles. The molecule has 0 amide bonds. The first-order chi connectivity index (χ1) is 8.60. The summed E-state index contributed by atoms with van der Waals surface area (Å²) in [6, 6.07) is 3.12. The largest absolute Gasteiger partial charge is 0.797 e. The van der Waals surface area contributed by atoms with Crippen LogP contribution in [0.25, 0.3) is 0 Å². The lowest BCUT2D eigenvalue weighted by Gasteiger charge is -2.29. The molecule has 0 aromatic rings. The van der Waals surface area contributed by atoms with E-state index >= 15 is 0 Å². The molecule has 108 valence electrons. The van der Waals surface area contributed by atoms with Crippen molar-refractivity contribution in [3.05, 3.63) is 0 Å². The molecule has 0 rings (SSSR count). The summed E-state index contributed by atoms with van der Waals surface area (Å²) in [4.78, 5) is 8.81. The van der Waals surface area contributed by atoms with E-state index in [4.69, 9.17) is 9.37 Å². The van der Waals surface area contributed by atoms with Crippen molar-refractivity contribution in [2.45, 2.75) is 77.4 Å². The lowest BCUT2D eigenvalue weighted by molar-refractivity contribution is -0.140. The van der Waals surface area contributed by atoms with Crippen LogP contribution in [0.5, 0.6) is 0 Å². The van der Waals surface area contributed by atoms with E-state index in [2.05, 4.69) is 25.3 Å². The van der Waals surface area contributed by atoms with Gasteiger partial charge in [0.15, 0.2) is 0 Å². The second-order valence-electron chi connectivity index (χ2n) is 4.93. The highest BCUT2D eigenvalue weighted by molar-refractivity contribution is 6.73. The Morgan fingerprint density at radius 1 is 0.944 bits per heavy atom. The smallest absolute Gasteiger partial charge is 0.510 e. The van der Waals surface area contributed by atoms with Crippen molar-refractivity contribution in [1.29, 1.82) is 0 Å². The van der Waals surface area contributed by atoms with Crippen LogP contribution >= 0.6 is 0 Å². The van der Waals surface area contributed by atoms with E-state index in [1.54, 1.807) is 0 Å². The Hall–Kier alpha value is -0.206.